The molecule has 0 fully saturated rings. The Morgan fingerprint density at radius 2 is 2.05 bits per heavy atom. The number of fused-ring (bicyclic) bond motifs is 1. The SMILES string of the molecule is Cc1ccc2c(N)c(C(=O)NCC(=O)N(C)C)sc2c1. The highest BCUT2D eigenvalue weighted by Gasteiger charge is 2.17. The second-order valence-electron chi connectivity index (χ2n) is 4.82. The summed E-state index contributed by atoms with van der Waals surface area (Å²) in [5, 5.41) is 3.48. The molecular weight excluding hydrogens is 274 g/mol. The van der Waals surface area contributed by atoms with Gasteiger partial charge in [-0.05, 0) is 18.6 Å². The largest absolute Gasteiger partial charge is 0.397 e. The number of hydrogen-bond donors (Lipinski definition) is 2. The van der Waals surface area contributed by atoms with Crippen molar-refractivity contribution in [3.8, 4) is 0 Å². The van der Waals surface area contributed by atoms with E-state index in [1.165, 1.54) is 16.2 Å². The first-order valence-corrected chi connectivity index (χ1v) is 6.98. The summed E-state index contributed by atoms with van der Waals surface area (Å²) >= 11 is 1.34. The number of benzene rings is 1. The first kappa shape index (κ1) is 14.3. The maximum Gasteiger partial charge on any atom is 0.263 e. The molecule has 0 atom stereocenters. The van der Waals surface area contributed by atoms with Gasteiger partial charge in [-0.15, -0.1) is 11.3 Å². The van der Waals surface area contributed by atoms with E-state index in [-0.39, 0.29) is 18.4 Å². The van der Waals surface area contributed by atoms with Crippen LogP contribution in [0.5, 0.6) is 0 Å². The second kappa shape index (κ2) is 5.50. The zero-order chi connectivity index (χ0) is 14.9. The van der Waals surface area contributed by atoms with Crippen LogP contribution in [0.4, 0.5) is 5.69 Å². The molecule has 1 heterocycles. The quantitative estimate of drug-likeness (QED) is 0.902. The zero-order valence-corrected chi connectivity index (χ0v) is 12.5. The molecule has 2 rings (SSSR count). The van der Waals surface area contributed by atoms with Crippen LogP contribution in [0.3, 0.4) is 0 Å². The molecule has 0 aliphatic heterocycles. The molecule has 106 valence electrons. The van der Waals surface area contributed by atoms with Crippen LogP contribution < -0.4 is 11.1 Å². The van der Waals surface area contributed by atoms with Gasteiger partial charge < -0.3 is 16.0 Å². The van der Waals surface area contributed by atoms with E-state index in [1.807, 2.05) is 25.1 Å². The van der Waals surface area contributed by atoms with Crippen LogP contribution >= 0.6 is 11.3 Å². The van der Waals surface area contributed by atoms with Crippen LogP contribution in [0, 0.1) is 6.92 Å². The van der Waals surface area contributed by atoms with E-state index in [0.717, 1.165) is 15.6 Å². The number of nitrogens with one attached hydrogen (secondary N) is 1. The molecule has 0 aliphatic rings. The lowest BCUT2D eigenvalue weighted by atomic mass is 10.1. The van der Waals surface area contributed by atoms with Crippen LogP contribution in [0.1, 0.15) is 15.2 Å². The third-order valence-electron chi connectivity index (χ3n) is 2.99. The van der Waals surface area contributed by atoms with Crippen LogP contribution in [0.25, 0.3) is 10.1 Å². The summed E-state index contributed by atoms with van der Waals surface area (Å²) in [6, 6.07) is 5.87. The number of carbonyl (C=O) groups is 2. The first-order valence-electron chi connectivity index (χ1n) is 6.17. The Labute approximate surface area is 121 Å². The Balaban J connectivity index is 2.22. The molecule has 3 N–H and O–H groups in total. The van der Waals surface area contributed by atoms with Gasteiger partial charge in [0.05, 0.1) is 12.2 Å². The van der Waals surface area contributed by atoms with Crippen molar-refractivity contribution in [2.45, 2.75) is 6.92 Å². The Morgan fingerprint density at radius 3 is 2.70 bits per heavy atom. The van der Waals surface area contributed by atoms with Crippen molar-refractivity contribution in [3.05, 3.63) is 28.6 Å². The molecule has 1 aromatic heterocycles. The Bertz CT molecular complexity index is 676. The first-order chi connectivity index (χ1) is 9.40. The lowest BCUT2D eigenvalue weighted by Gasteiger charge is -2.10. The Morgan fingerprint density at radius 1 is 1.35 bits per heavy atom. The Kier molecular flexibility index (Phi) is 3.94. The van der Waals surface area contributed by atoms with E-state index in [0.29, 0.717) is 10.6 Å². The topological polar surface area (TPSA) is 75.4 Å². The molecular formula is C14H17N3O2S. The molecule has 0 aliphatic carbocycles. The van der Waals surface area contributed by atoms with Gasteiger partial charge in [0.15, 0.2) is 0 Å². The average molecular weight is 291 g/mol. The summed E-state index contributed by atoms with van der Waals surface area (Å²) in [7, 11) is 3.29. The smallest absolute Gasteiger partial charge is 0.263 e. The fourth-order valence-electron chi connectivity index (χ4n) is 1.79. The minimum absolute atomic E-state index is 0.0292. The predicted molar refractivity (Wildman–Crippen MR) is 82.0 cm³/mol. The van der Waals surface area contributed by atoms with Crippen molar-refractivity contribution in [2.24, 2.45) is 0 Å². The zero-order valence-electron chi connectivity index (χ0n) is 11.7. The van der Waals surface area contributed by atoms with E-state index in [1.54, 1.807) is 14.1 Å². The minimum Gasteiger partial charge on any atom is -0.397 e. The van der Waals surface area contributed by atoms with Crippen LogP contribution in [0.2, 0.25) is 0 Å². The molecule has 0 spiro atoms. The molecule has 0 saturated carbocycles. The number of rotatable bonds is 3. The van der Waals surface area contributed by atoms with Crippen molar-refractivity contribution in [2.75, 3.05) is 26.4 Å². The van der Waals surface area contributed by atoms with Crippen LogP contribution in [0.15, 0.2) is 18.2 Å². The van der Waals surface area contributed by atoms with E-state index < -0.39 is 0 Å². The van der Waals surface area contributed by atoms with Crippen LogP contribution in [-0.4, -0.2) is 37.4 Å². The van der Waals surface area contributed by atoms with Crippen molar-refractivity contribution < 1.29 is 9.59 Å². The van der Waals surface area contributed by atoms with Gasteiger partial charge in [0.1, 0.15) is 4.88 Å². The molecule has 2 aromatic rings. The molecule has 0 radical (unpaired) electrons. The number of amides is 2. The van der Waals surface area contributed by atoms with Crippen molar-refractivity contribution in [1.29, 1.82) is 0 Å². The van der Waals surface area contributed by atoms with Crippen molar-refractivity contribution >= 4 is 38.9 Å². The van der Waals surface area contributed by atoms with E-state index in [2.05, 4.69) is 5.32 Å². The summed E-state index contributed by atoms with van der Waals surface area (Å²) in [6.45, 7) is 1.96. The fourth-order valence-corrected chi connectivity index (χ4v) is 2.92. The monoisotopic (exact) mass is 291 g/mol. The number of likely N-dealkylation sites (N-methyl/N-ethyl adjacent to an activating group) is 1. The van der Waals surface area contributed by atoms with E-state index in [4.69, 9.17) is 5.73 Å². The number of hydrogen-bond acceptors (Lipinski definition) is 4. The summed E-state index contributed by atoms with van der Waals surface area (Å²) in [4.78, 5) is 25.4. The van der Waals surface area contributed by atoms with E-state index in [9.17, 15) is 9.59 Å². The molecule has 5 nitrogen and oxygen atoms in total. The number of anilines is 1. The molecule has 0 bridgehead atoms. The third-order valence-corrected chi connectivity index (χ3v) is 4.16. The highest BCUT2D eigenvalue weighted by molar-refractivity contribution is 7.21. The standard InChI is InChI=1S/C14H17N3O2S/c1-8-4-5-9-10(6-8)20-13(12(9)15)14(19)16-7-11(18)17(2)3/h4-6H,7,15H2,1-3H3,(H,16,19). The lowest BCUT2D eigenvalue weighted by molar-refractivity contribution is -0.127. The number of nitrogens with zero attached hydrogens (tertiary/aromatic N) is 1. The second-order valence-corrected chi connectivity index (χ2v) is 5.87. The highest BCUT2D eigenvalue weighted by Crippen LogP contribution is 2.33. The number of nitrogen functional groups attached to an aromatic ring is 1. The lowest BCUT2D eigenvalue weighted by Crippen LogP contribution is -2.36. The molecule has 1 aromatic carbocycles. The summed E-state index contributed by atoms with van der Waals surface area (Å²) in [6.07, 6.45) is 0. The number of nitrogens with two attached hydrogens (primary N) is 1. The molecule has 2 amide bonds. The van der Waals surface area contributed by atoms with Crippen molar-refractivity contribution in [1.82, 2.24) is 10.2 Å². The number of carbonyl (C=O) groups excluding carboxylic acids is 2. The van der Waals surface area contributed by atoms with Gasteiger partial charge in [-0.1, -0.05) is 12.1 Å². The summed E-state index contributed by atoms with van der Waals surface area (Å²) < 4.78 is 0.978. The van der Waals surface area contributed by atoms with Gasteiger partial charge >= 0.3 is 0 Å². The minimum atomic E-state index is -0.309. The molecule has 0 saturated heterocycles. The van der Waals surface area contributed by atoms with Crippen LogP contribution in [-0.2, 0) is 4.79 Å². The molecule has 20 heavy (non-hydrogen) atoms. The van der Waals surface area contributed by atoms with Gasteiger partial charge in [-0.2, -0.15) is 0 Å². The average Bonchev–Trinajstić information content (AvgIpc) is 2.72. The summed E-state index contributed by atoms with van der Waals surface area (Å²) in [5.41, 5.74) is 7.60. The van der Waals surface area contributed by atoms with Gasteiger partial charge in [0, 0.05) is 24.2 Å². The molecule has 6 heteroatoms. The number of aryl methyl sites for hydroxylation is 1. The summed E-state index contributed by atoms with van der Waals surface area (Å²) in [5.74, 6) is -0.467. The highest BCUT2D eigenvalue weighted by atomic mass is 32.1. The fraction of sp³-hybridized carbons (Fsp3) is 0.286. The predicted octanol–water partition coefficient (Wildman–Crippen LogP) is 1.61. The number of thiophene rings is 1. The third kappa shape index (κ3) is 2.75. The normalized spacial score (nSPS) is 10.6. The van der Waals surface area contributed by atoms with E-state index >= 15 is 0 Å². The van der Waals surface area contributed by atoms with Gasteiger partial charge in [-0.25, -0.2) is 0 Å². The molecule has 0 unspecified atom stereocenters. The van der Waals surface area contributed by atoms with Crippen molar-refractivity contribution in [3.63, 3.8) is 0 Å². The maximum absolute atomic E-state index is 12.1. The van der Waals surface area contributed by atoms with Gasteiger partial charge in [0.25, 0.3) is 5.91 Å². The maximum atomic E-state index is 12.1. The van der Waals surface area contributed by atoms with Gasteiger partial charge in [0.2, 0.25) is 5.91 Å². The van der Waals surface area contributed by atoms with Gasteiger partial charge in [-0.3, -0.25) is 9.59 Å². The Hall–Kier alpha value is -2.08.